The summed E-state index contributed by atoms with van der Waals surface area (Å²) < 4.78 is 7.03. The summed E-state index contributed by atoms with van der Waals surface area (Å²) in [4.78, 5) is 24.1. The predicted molar refractivity (Wildman–Crippen MR) is 104 cm³/mol. The van der Waals surface area contributed by atoms with Crippen LogP contribution < -0.4 is 0 Å². The van der Waals surface area contributed by atoms with E-state index >= 15 is 0 Å². The van der Waals surface area contributed by atoms with Crippen molar-refractivity contribution in [1.82, 2.24) is 9.78 Å². The second-order valence-corrected chi connectivity index (χ2v) is 6.60. The summed E-state index contributed by atoms with van der Waals surface area (Å²) in [5.74, 6) is -0.746. The summed E-state index contributed by atoms with van der Waals surface area (Å²) in [7, 11) is 0. The second-order valence-electron chi connectivity index (χ2n) is 6.60. The average molecular weight is 362 g/mol. The van der Waals surface area contributed by atoms with Gasteiger partial charge in [-0.3, -0.25) is 9.48 Å². The van der Waals surface area contributed by atoms with Crippen LogP contribution in [0.25, 0.3) is 11.3 Å². The minimum atomic E-state index is -0.791. The highest BCUT2D eigenvalue weighted by atomic mass is 16.5. The van der Waals surface area contributed by atoms with Crippen molar-refractivity contribution in [1.29, 1.82) is 0 Å². The van der Waals surface area contributed by atoms with Gasteiger partial charge in [0.05, 0.1) is 6.54 Å². The first-order chi connectivity index (χ1) is 12.9. The molecule has 0 saturated carbocycles. The molecule has 5 nitrogen and oxygen atoms in total. The molecular weight excluding hydrogens is 340 g/mol. The van der Waals surface area contributed by atoms with Crippen LogP contribution in [0.5, 0.6) is 0 Å². The van der Waals surface area contributed by atoms with Gasteiger partial charge in [0, 0.05) is 11.8 Å². The minimum absolute atomic E-state index is 0.197. The van der Waals surface area contributed by atoms with Gasteiger partial charge in [0.25, 0.3) is 0 Å². The Bertz CT molecular complexity index is 943. The molecule has 5 heteroatoms. The number of nitrogens with zero attached hydrogens (tertiary/aromatic N) is 2. The van der Waals surface area contributed by atoms with Crippen molar-refractivity contribution in [2.45, 2.75) is 33.4 Å². The number of hydrogen-bond donors (Lipinski definition) is 0. The third-order valence-corrected chi connectivity index (χ3v) is 4.35. The number of hydrogen-bond acceptors (Lipinski definition) is 4. The molecule has 27 heavy (non-hydrogen) atoms. The fourth-order valence-corrected chi connectivity index (χ4v) is 2.65. The van der Waals surface area contributed by atoms with Crippen molar-refractivity contribution in [3.63, 3.8) is 0 Å². The number of aryl methyl sites for hydroxylation is 1. The van der Waals surface area contributed by atoms with E-state index in [1.165, 1.54) is 6.92 Å². The normalized spacial score (nSPS) is 11.8. The Balaban J connectivity index is 1.97. The van der Waals surface area contributed by atoms with Crippen molar-refractivity contribution in [2.75, 3.05) is 0 Å². The second kappa shape index (κ2) is 7.99. The van der Waals surface area contributed by atoms with Gasteiger partial charge in [-0.25, -0.2) is 4.79 Å². The molecule has 0 bridgehead atoms. The molecule has 0 unspecified atom stereocenters. The molecule has 0 N–H and O–H groups in total. The quantitative estimate of drug-likeness (QED) is 0.621. The van der Waals surface area contributed by atoms with Crippen molar-refractivity contribution >= 4 is 11.8 Å². The molecule has 0 fully saturated rings. The molecule has 0 amide bonds. The van der Waals surface area contributed by atoms with Crippen LogP contribution in [0.4, 0.5) is 0 Å². The van der Waals surface area contributed by atoms with E-state index in [9.17, 15) is 9.59 Å². The Morgan fingerprint density at radius 1 is 1.07 bits per heavy atom. The molecule has 1 atom stereocenters. The first-order valence-corrected chi connectivity index (χ1v) is 8.84. The monoisotopic (exact) mass is 362 g/mol. The summed E-state index contributed by atoms with van der Waals surface area (Å²) in [5.41, 5.74) is 3.92. The molecule has 138 valence electrons. The number of benzene rings is 2. The topological polar surface area (TPSA) is 61.2 Å². The van der Waals surface area contributed by atoms with E-state index in [1.54, 1.807) is 17.8 Å². The number of aromatic nitrogens is 2. The first kappa shape index (κ1) is 18.6. The SMILES string of the molecule is CC(=O)[C@@H](C)OC(=O)c1cn(Cc2ccccc2)nc1-c1ccc(C)cc1. The average Bonchev–Trinajstić information content (AvgIpc) is 3.07. The third kappa shape index (κ3) is 4.50. The number of rotatable bonds is 6. The molecule has 1 aromatic heterocycles. The van der Waals surface area contributed by atoms with E-state index in [-0.39, 0.29) is 5.78 Å². The molecule has 1 heterocycles. The maximum atomic E-state index is 12.7. The molecule has 0 radical (unpaired) electrons. The van der Waals surface area contributed by atoms with Crippen molar-refractivity contribution < 1.29 is 14.3 Å². The van der Waals surface area contributed by atoms with Gasteiger partial charge < -0.3 is 4.74 Å². The zero-order valence-corrected chi connectivity index (χ0v) is 15.7. The summed E-state index contributed by atoms with van der Waals surface area (Å²) in [5, 5.41) is 4.61. The Kier molecular flexibility index (Phi) is 5.50. The van der Waals surface area contributed by atoms with Crippen LogP contribution in [0.1, 0.15) is 35.3 Å². The molecule has 0 aliphatic rings. The fourth-order valence-electron chi connectivity index (χ4n) is 2.65. The summed E-state index contributed by atoms with van der Waals surface area (Å²) >= 11 is 0. The lowest BCUT2D eigenvalue weighted by atomic mass is 10.1. The Labute approximate surface area is 158 Å². The largest absolute Gasteiger partial charge is 0.451 e. The van der Waals surface area contributed by atoms with Crippen LogP contribution in [0.15, 0.2) is 60.8 Å². The Morgan fingerprint density at radius 2 is 1.74 bits per heavy atom. The van der Waals surface area contributed by atoms with Crippen molar-refractivity contribution in [3.05, 3.63) is 77.5 Å². The molecule has 0 aliphatic heterocycles. The van der Waals surface area contributed by atoms with Gasteiger partial charge in [0.15, 0.2) is 11.9 Å². The molecule has 0 saturated heterocycles. The minimum Gasteiger partial charge on any atom is -0.451 e. The van der Waals surface area contributed by atoms with Gasteiger partial charge in [-0.15, -0.1) is 0 Å². The lowest BCUT2D eigenvalue weighted by Gasteiger charge is -2.09. The zero-order valence-electron chi connectivity index (χ0n) is 15.7. The number of carbonyl (C=O) groups excluding carboxylic acids is 2. The zero-order chi connectivity index (χ0) is 19.4. The highest BCUT2D eigenvalue weighted by Crippen LogP contribution is 2.24. The van der Waals surface area contributed by atoms with Crippen molar-refractivity contribution in [2.24, 2.45) is 0 Å². The lowest BCUT2D eigenvalue weighted by molar-refractivity contribution is -0.124. The number of carbonyl (C=O) groups is 2. The lowest BCUT2D eigenvalue weighted by Crippen LogP contribution is -2.22. The smallest absolute Gasteiger partial charge is 0.342 e. The Hall–Kier alpha value is -3.21. The highest BCUT2D eigenvalue weighted by molar-refractivity contribution is 5.97. The molecule has 0 spiro atoms. The van der Waals surface area contributed by atoms with Crippen LogP contribution in [0.2, 0.25) is 0 Å². The fraction of sp³-hybridized carbons (Fsp3) is 0.227. The summed E-state index contributed by atoms with van der Waals surface area (Å²) in [6, 6.07) is 17.7. The molecular formula is C22H22N2O3. The maximum absolute atomic E-state index is 12.7. The highest BCUT2D eigenvalue weighted by Gasteiger charge is 2.22. The van der Waals surface area contributed by atoms with Gasteiger partial charge in [-0.2, -0.15) is 5.10 Å². The van der Waals surface area contributed by atoms with E-state index in [2.05, 4.69) is 5.10 Å². The van der Waals surface area contributed by atoms with Gasteiger partial charge in [0.1, 0.15) is 11.3 Å². The van der Waals surface area contributed by atoms with Gasteiger partial charge in [-0.05, 0) is 26.3 Å². The summed E-state index contributed by atoms with van der Waals surface area (Å²) in [6.07, 6.45) is 0.887. The predicted octanol–water partition coefficient (Wildman–Crippen LogP) is 4.04. The van der Waals surface area contributed by atoms with Gasteiger partial charge >= 0.3 is 5.97 Å². The summed E-state index contributed by atoms with van der Waals surface area (Å²) in [6.45, 7) is 5.51. The van der Waals surface area contributed by atoms with E-state index in [1.807, 2.05) is 61.5 Å². The van der Waals surface area contributed by atoms with Crippen LogP contribution in [-0.4, -0.2) is 27.6 Å². The number of ketones is 1. The van der Waals surface area contributed by atoms with E-state index < -0.39 is 12.1 Å². The first-order valence-electron chi connectivity index (χ1n) is 8.84. The molecule has 3 rings (SSSR count). The third-order valence-electron chi connectivity index (χ3n) is 4.35. The molecule has 0 aliphatic carbocycles. The van der Waals surface area contributed by atoms with Crippen LogP contribution in [0, 0.1) is 6.92 Å². The standard InChI is InChI=1S/C22H22N2O3/c1-15-9-11-19(12-10-15)21-20(22(26)27-17(3)16(2)25)14-24(23-21)13-18-7-5-4-6-8-18/h4-12,14,17H,13H2,1-3H3/t17-/m1/s1. The number of Topliss-reactive ketones (excluding diaryl/α,β-unsaturated/α-hetero) is 1. The number of ether oxygens (including phenoxy) is 1. The van der Waals surface area contributed by atoms with Crippen LogP contribution in [-0.2, 0) is 16.1 Å². The van der Waals surface area contributed by atoms with Crippen molar-refractivity contribution in [3.8, 4) is 11.3 Å². The maximum Gasteiger partial charge on any atom is 0.342 e. The van der Waals surface area contributed by atoms with Gasteiger partial charge in [0.2, 0.25) is 0 Å². The Morgan fingerprint density at radius 3 is 2.37 bits per heavy atom. The van der Waals surface area contributed by atoms with E-state index in [0.29, 0.717) is 17.8 Å². The van der Waals surface area contributed by atoms with Crippen LogP contribution >= 0.6 is 0 Å². The van der Waals surface area contributed by atoms with Crippen LogP contribution in [0.3, 0.4) is 0 Å². The van der Waals surface area contributed by atoms with E-state index in [4.69, 9.17) is 4.74 Å². The van der Waals surface area contributed by atoms with E-state index in [0.717, 1.165) is 16.7 Å². The van der Waals surface area contributed by atoms with Gasteiger partial charge in [-0.1, -0.05) is 60.2 Å². The number of esters is 1. The molecule has 2 aromatic carbocycles. The molecule has 3 aromatic rings.